The van der Waals surface area contributed by atoms with Gasteiger partial charge in [0.1, 0.15) is 0 Å². The maximum Gasteiger partial charge on any atom is 0.0974 e. The lowest BCUT2D eigenvalue weighted by molar-refractivity contribution is 0.00497. The van der Waals surface area contributed by atoms with Crippen molar-refractivity contribution >= 4 is 0 Å². The van der Waals surface area contributed by atoms with Crippen LogP contribution in [0.4, 0.5) is 0 Å². The van der Waals surface area contributed by atoms with Crippen LogP contribution in [0.15, 0.2) is 0 Å². The van der Waals surface area contributed by atoms with Gasteiger partial charge in [-0.3, -0.25) is 5.32 Å². The summed E-state index contributed by atoms with van der Waals surface area (Å²) in [4.78, 5) is 0. The molecule has 1 aliphatic rings. The van der Waals surface area contributed by atoms with E-state index in [-0.39, 0.29) is 5.60 Å². The van der Waals surface area contributed by atoms with Crippen molar-refractivity contribution in [2.75, 3.05) is 13.3 Å². The minimum Gasteiger partial charge on any atom is -0.359 e. The Morgan fingerprint density at radius 1 is 1.44 bits per heavy atom. The van der Waals surface area contributed by atoms with Crippen LogP contribution < -0.4 is 5.32 Å². The van der Waals surface area contributed by atoms with Crippen LogP contribution >= 0.6 is 0 Å². The third-order valence-corrected chi connectivity index (χ3v) is 2.22. The monoisotopic (exact) mass is 129 g/mol. The van der Waals surface area contributed by atoms with Crippen LogP contribution in [-0.4, -0.2) is 18.9 Å². The normalized spacial score (nSPS) is 24.7. The van der Waals surface area contributed by atoms with Gasteiger partial charge in [-0.25, -0.2) is 0 Å². The zero-order valence-electron chi connectivity index (χ0n) is 6.24. The highest BCUT2D eigenvalue weighted by atomic mass is 16.5. The molecule has 1 rings (SSSR count). The van der Waals surface area contributed by atoms with Crippen LogP contribution in [0.1, 0.15) is 26.7 Å². The highest BCUT2D eigenvalue weighted by molar-refractivity contribution is 4.83. The van der Waals surface area contributed by atoms with Crippen molar-refractivity contribution in [3.8, 4) is 0 Å². The van der Waals surface area contributed by atoms with Crippen LogP contribution in [0.2, 0.25) is 0 Å². The van der Waals surface area contributed by atoms with Crippen molar-refractivity contribution in [3.63, 3.8) is 0 Å². The summed E-state index contributed by atoms with van der Waals surface area (Å²) in [6.07, 6.45) is 2.24. The zero-order chi connectivity index (χ0) is 6.74. The molecule has 1 heterocycles. The number of hydrogen-bond acceptors (Lipinski definition) is 2. The van der Waals surface area contributed by atoms with E-state index in [1.165, 1.54) is 0 Å². The standard InChI is InChI=1S/C7H15NO/c1-3-7(4-2)5-8-6-9-7/h8H,3-6H2,1-2H3. The molecule has 2 nitrogen and oxygen atoms in total. The second-order valence-corrected chi connectivity index (χ2v) is 2.61. The summed E-state index contributed by atoms with van der Waals surface area (Å²) >= 11 is 0. The number of hydrogen-bond donors (Lipinski definition) is 1. The predicted octanol–water partition coefficient (Wildman–Crippen LogP) is 1.12. The Morgan fingerprint density at radius 3 is 2.33 bits per heavy atom. The minimum atomic E-state index is 0.167. The summed E-state index contributed by atoms with van der Waals surface area (Å²) in [5, 5.41) is 3.19. The van der Waals surface area contributed by atoms with Crippen molar-refractivity contribution in [3.05, 3.63) is 0 Å². The van der Waals surface area contributed by atoms with Gasteiger partial charge in [0.25, 0.3) is 0 Å². The second-order valence-electron chi connectivity index (χ2n) is 2.61. The molecule has 0 unspecified atom stereocenters. The predicted molar refractivity (Wildman–Crippen MR) is 37.3 cm³/mol. The van der Waals surface area contributed by atoms with Gasteiger partial charge in [0, 0.05) is 6.54 Å². The quantitative estimate of drug-likeness (QED) is 0.603. The Morgan fingerprint density at radius 2 is 2.11 bits per heavy atom. The molecule has 0 aromatic rings. The van der Waals surface area contributed by atoms with E-state index in [2.05, 4.69) is 19.2 Å². The first-order valence-corrected chi connectivity index (χ1v) is 3.67. The van der Waals surface area contributed by atoms with Crippen molar-refractivity contribution < 1.29 is 4.74 Å². The Bertz CT molecular complexity index is 80.9. The van der Waals surface area contributed by atoms with Gasteiger partial charge >= 0.3 is 0 Å². The van der Waals surface area contributed by atoms with E-state index in [0.717, 1.165) is 26.1 Å². The Balaban J connectivity index is 2.45. The average molecular weight is 129 g/mol. The van der Waals surface area contributed by atoms with Crippen molar-refractivity contribution in [1.82, 2.24) is 5.32 Å². The molecule has 0 spiro atoms. The molecule has 0 aliphatic carbocycles. The Kier molecular flexibility index (Phi) is 2.09. The van der Waals surface area contributed by atoms with Crippen LogP contribution in [0.5, 0.6) is 0 Å². The van der Waals surface area contributed by atoms with Gasteiger partial charge in [0.15, 0.2) is 0 Å². The molecule has 0 atom stereocenters. The molecule has 0 aromatic carbocycles. The van der Waals surface area contributed by atoms with E-state index >= 15 is 0 Å². The molecule has 0 saturated carbocycles. The molecular weight excluding hydrogens is 114 g/mol. The Hall–Kier alpha value is -0.0800. The fourth-order valence-electron chi connectivity index (χ4n) is 1.24. The molecule has 0 bridgehead atoms. The van der Waals surface area contributed by atoms with E-state index < -0.39 is 0 Å². The summed E-state index contributed by atoms with van der Waals surface area (Å²) in [7, 11) is 0. The van der Waals surface area contributed by atoms with Crippen molar-refractivity contribution in [2.45, 2.75) is 32.3 Å². The molecule has 0 aromatic heterocycles. The summed E-state index contributed by atoms with van der Waals surface area (Å²) in [5.41, 5.74) is 0.167. The van der Waals surface area contributed by atoms with Crippen molar-refractivity contribution in [2.24, 2.45) is 0 Å². The first kappa shape index (κ1) is 7.03. The molecule has 0 amide bonds. The molecule has 0 radical (unpaired) electrons. The largest absolute Gasteiger partial charge is 0.359 e. The lowest BCUT2D eigenvalue weighted by Gasteiger charge is -2.23. The maximum absolute atomic E-state index is 5.53. The Labute approximate surface area is 56.6 Å². The topological polar surface area (TPSA) is 21.3 Å². The maximum atomic E-state index is 5.53. The smallest absolute Gasteiger partial charge is 0.0974 e. The SMILES string of the molecule is CCC1(CC)CNCO1. The third kappa shape index (κ3) is 1.25. The molecule has 1 N–H and O–H groups in total. The van der Waals surface area contributed by atoms with Gasteiger partial charge in [-0.05, 0) is 12.8 Å². The summed E-state index contributed by atoms with van der Waals surface area (Å²) in [6.45, 7) is 6.12. The van der Waals surface area contributed by atoms with E-state index in [1.807, 2.05) is 0 Å². The van der Waals surface area contributed by atoms with Crippen LogP contribution in [0.3, 0.4) is 0 Å². The highest BCUT2D eigenvalue weighted by Gasteiger charge is 2.30. The molecular formula is C7H15NO. The number of nitrogens with one attached hydrogen (secondary N) is 1. The second kappa shape index (κ2) is 2.67. The molecule has 1 saturated heterocycles. The van der Waals surface area contributed by atoms with E-state index in [4.69, 9.17) is 4.74 Å². The van der Waals surface area contributed by atoms with Crippen molar-refractivity contribution in [1.29, 1.82) is 0 Å². The summed E-state index contributed by atoms with van der Waals surface area (Å²) in [5.74, 6) is 0. The lowest BCUT2D eigenvalue weighted by Crippen LogP contribution is -2.31. The van der Waals surface area contributed by atoms with Gasteiger partial charge < -0.3 is 4.74 Å². The average Bonchev–Trinajstić information content (AvgIpc) is 2.36. The fourth-order valence-corrected chi connectivity index (χ4v) is 1.24. The number of rotatable bonds is 2. The number of ether oxygens (including phenoxy) is 1. The molecule has 1 aliphatic heterocycles. The highest BCUT2D eigenvalue weighted by Crippen LogP contribution is 2.22. The minimum absolute atomic E-state index is 0.167. The third-order valence-electron chi connectivity index (χ3n) is 2.22. The molecule has 2 heteroatoms. The molecule has 1 fully saturated rings. The van der Waals surface area contributed by atoms with Crippen LogP contribution in [0, 0.1) is 0 Å². The van der Waals surface area contributed by atoms with E-state index in [0.29, 0.717) is 0 Å². The summed E-state index contributed by atoms with van der Waals surface area (Å²) < 4.78 is 5.53. The molecule has 54 valence electrons. The van der Waals surface area contributed by atoms with Gasteiger partial charge in [-0.2, -0.15) is 0 Å². The first-order chi connectivity index (χ1) is 4.33. The summed E-state index contributed by atoms with van der Waals surface area (Å²) in [6, 6.07) is 0. The van der Waals surface area contributed by atoms with Crippen LogP contribution in [-0.2, 0) is 4.74 Å². The molecule has 9 heavy (non-hydrogen) atoms. The fraction of sp³-hybridized carbons (Fsp3) is 1.00. The van der Waals surface area contributed by atoms with E-state index in [1.54, 1.807) is 0 Å². The van der Waals surface area contributed by atoms with Gasteiger partial charge in [0.05, 0.1) is 12.3 Å². The van der Waals surface area contributed by atoms with Gasteiger partial charge in [-0.1, -0.05) is 13.8 Å². The zero-order valence-corrected chi connectivity index (χ0v) is 6.24. The van der Waals surface area contributed by atoms with Crippen LogP contribution in [0.25, 0.3) is 0 Å². The van der Waals surface area contributed by atoms with Gasteiger partial charge in [-0.15, -0.1) is 0 Å². The lowest BCUT2D eigenvalue weighted by atomic mass is 9.98. The first-order valence-electron chi connectivity index (χ1n) is 3.67. The van der Waals surface area contributed by atoms with Gasteiger partial charge in [0.2, 0.25) is 0 Å². The van der Waals surface area contributed by atoms with E-state index in [9.17, 15) is 0 Å².